The summed E-state index contributed by atoms with van der Waals surface area (Å²) in [5.74, 6) is 2.37. The molecule has 0 radical (unpaired) electrons. The lowest BCUT2D eigenvalue weighted by atomic mass is 10.3. The molecule has 0 atom stereocenters. The Labute approximate surface area is 156 Å². The second-order valence-electron chi connectivity index (χ2n) is 5.70. The Morgan fingerprint density at radius 3 is 3.00 bits per heavy atom. The molecule has 0 unspecified atom stereocenters. The molecule has 1 N–H and O–H groups in total. The van der Waals surface area contributed by atoms with E-state index in [1.807, 2.05) is 4.57 Å². The van der Waals surface area contributed by atoms with Crippen LogP contribution in [0.5, 0.6) is 11.5 Å². The normalized spacial score (nSPS) is 12.4. The second kappa shape index (κ2) is 8.91. The minimum Gasteiger partial charge on any atom is -0.454 e. The van der Waals surface area contributed by atoms with Crippen LogP contribution in [0.4, 0.5) is 5.69 Å². The molecule has 3 rings (SSSR count). The van der Waals surface area contributed by atoms with Crippen molar-refractivity contribution in [3.63, 3.8) is 0 Å². The Morgan fingerprint density at radius 2 is 2.19 bits per heavy atom. The van der Waals surface area contributed by atoms with Gasteiger partial charge in [-0.3, -0.25) is 4.79 Å². The standard InChI is InChI=1S/C17H22N4O4S/c1-3-4-15-19-20-17(21(15)7-8-23-2)26-10-16(22)18-12-5-6-13-14(9-12)25-11-24-13/h5-6,9H,3-4,7-8,10-11H2,1-2H3,(H,18,22). The number of methoxy groups -OCH3 is 1. The first-order chi connectivity index (χ1) is 12.7. The van der Waals surface area contributed by atoms with Gasteiger partial charge in [-0.1, -0.05) is 18.7 Å². The molecule has 8 nitrogen and oxygen atoms in total. The van der Waals surface area contributed by atoms with Gasteiger partial charge in [0.05, 0.1) is 12.4 Å². The van der Waals surface area contributed by atoms with Crippen molar-refractivity contribution in [2.75, 3.05) is 31.6 Å². The molecule has 1 aliphatic rings. The summed E-state index contributed by atoms with van der Waals surface area (Å²) in [5.41, 5.74) is 0.673. The molecule has 0 saturated heterocycles. The number of hydrogen-bond acceptors (Lipinski definition) is 7. The summed E-state index contributed by atoms with van der Waals surface area (Å²) < 4.78 is 17.8. The van der Waals surface area contributed by atoms with E-state index in [1.54, 1.807) is 25.3 Å². The van der Waals surface area contributed by atoms with Crippen LogP contribution in [0.3, 0.4) is 0 Å². The maximum Gasteiger partial charge on any atom is 0.234 e. The number of benzene rings is 1. The molecule has 1 aliphatic heterocycles. The van der Waals surface area contributed by atoms with Crippen molar-refractivity contribution in [3.05, 3.63) is 24.0 Å². The molecule has 0 spiro atoms. The van der Waals surface area contributed by atoms with Gasteiger partial charge in [0.25, 0.3) is 0 Å². The summed E-state index contributed by atoms with van der Waals surface area (Å²) in [7, 11) is 1.66. The van der Waals surface area contributed by atoms with E-state index in [4.69, 9.17) is 14.2 Å². The van der Waals surface area contributed by atoms with E-state index in [9.17, 15) is 4.79 Å². The smallest absolute Gasteiger partial charge is 0.234 e. The molecule has 0 bridgehead atoms. The Kier molecular flexibility index (Phi) is 6.35. The molecule has 26 heavy (non-hydrogen) atoms. The summed E-state index contributed by atoms with van der Waals surface area (Å²) >= 11 is 1.36. The summed E-state index contributed by atoms with van der Waals surface area (Å²) in [6.07, 6.45) is 1.83. The minimum absolute atomic E-state index is 0.118. The lowest BCUT2D eigenvalue weighted by molar-refractivity contribution is -0.113. The van der Waals surface area contributed by atoms with E-state index in [1.165, 1.54) is 11.8 Å². The maximum absolute atomic E-state index is 12.3. The summed E-state index contributed by atoms with van der Waals surface area (Å²) in [5, 5.41) is 12.0. The van der Waals surface area contributed by atoms with Crippen molar-refractivity contribution in [1.82, 2.24) is 14.8 Å². The van der Waals surface area contributed by atoms with E-state index in [0.717, 1.165) is 23.8 Å². The number of fused-ring (bicyclic) bond motifs is 1. The van der Waals surface area contributed by atoms with Gasteiger partial charge in [0.1, 0.15) is 5.82 Å². The van der Waals surface area contributed by atoms with Crippen LogP contribution < -0.4 is 14.8 Å². The van der Waals surface area contributed by atoms with Crippen LogP contribution in [0.25, 0.3) is 0 Å². The van der Waals surface area contributed by atoms with E-state index >= 15 is 0 Å². The number of nitrogens with zero attached hydrogens (tertiary/aromatic N) is 3. The number of thioether (sulfide) groups is 1. The molecule has 9 heteroatoms. The van der Waals surface area contributed by atoms with Gasteiger partial charge < -0.3 is 24.1 Å². The molecule has 0 fully saturated rings. The number of aromatic nitrogens is 3. The lowest BCUT2D eigenvalue weighted by Gasteiger charge is -2.09. The molecule has 2 aromatic rings. The predicted molar refractivity (Wildman–Crippen MR) is 97.8 cm³/mol. The predicted octanol–water partition coefficient (Wildman–Crippen LogP) is 2.34. The van der Waals surface area contributed by atoms with Gasteiger partial charge in [0, 0.05) is 31.8 Å². The number of hydrogen-bond donors (Lipinski definition) is 1. The number of carbonyl (C=O) groups is 1. The Morgan fingerprint density at radius 1 is 1.35 bits per heavy atom. The first-order valence-electron chi connectivity index (χ1n) is 8.44. The Bertz CT molecular complexity index is 765. The fourth-order valence-electron chi connectivity index (χ4n) is 2.54. The molecule has 1 aromatic heterocycles. The van der Waals surface area contributed by atoms with Crippen LogP contribution in [0.2, 0.25) is 0 Å². The summed E-state index contributed by atoms with van der Waals surface area (Å²) in [6.45, 7) is 3.55. The van der Waals surface area contributed by atoms with Crippen LogP contribution in [0.1, 0.15) is 19.2 Å². The fraction of sp³-hybridized carbons (Fsp3) is 0.471. The van der Waals surface area contributed by atoms with E-state index in [2.05, 4.69) is 22.4 Å². The monoisotopic (exact) mass is 378 g/mol. The second-order valence-corrected chi connectivity index (χ2v) is 6.64. The summed E-state index contributed by atoms with van der Waals surface area (Å²) in [4.78, 5) is 12.3. The highest BCUT2D eigenvalue weighted by Gasteiger charge is 2.16. The molecule has 1 amide bonds. The molecule has 0 aliphatic carbocycles. The highest BCUT2D eigenvalue weighted by Crippen LogP contribution is 2.34. The maximum atomic E-state index is 12.3. The largest absolute Gasteiger partial charge is 0.454 e. The van der Waals surface area contributed by atoms with Crippen molar-refractivity contribution < 1.29 is 19.0 Å². The van der Waals surface area contributed by atoms with Crippen molar-refractivity contribution in [2.45, 2.75) is 31.5 Å². The van der Waals surface area contributed by atoms with Crippen LogP contribution in [-0.2, 0) is 22.5 Å². The van der Waals surface area contributed by atoms with Crippen LogP contribution in [-0.4, -0.2) is 46.9 Å². The molecular formula is C17H22N4O4S. The Hall–Kier alpha value is -2.26. The number of carbonyl (C=O) groups excluding carboxylic acids is 1. The van der Waals surface area contributed by atoms with E-state index < -0.39 is 0 Å². The number of ether oxygens (including phenoxy) is 3. The van der Waals surface area contributed by atoms with Crippen molar-refractivity contribution in [2.24, 2.45) is 0 Å². The first kappa shape index (κ1) is 18.5. The number of nitrogens with one attached hydrogen (secondary N) is 1. The van der Waals surface area contributed by atoms with Gasteiger partial charge in [0.2, 0.25) is 12.7 Å². The van der Waals surface area contributed by atoms with Crippen LogP contribution in [0, 0.1) is 0 Å². The van der Waals surface area contributed by atoms with Gasteiger partial charge in [0.15, 0.2) is 16.7 Å². The van der Waals surface area contributed by atoms with E-state index in [0.29, 0.717) is 30.3 Å². The highest BCUT2D eigenvalue weighted by atomic mass is 32.2. The average Bonchev–Trinajstić information content (AvgIpc) is 3.25. The average molecular weight is 378 g/mol. The lowest BCUT2D eigenvalue weighted by Crippen LogP contribution is -2.15. The third kappa shape index (κ3) is 4.47. The zero-order chi connectivity index (χ0) is 18.4. The highest BCUT2D eigenvalue weighted by molar-refractivity contribution is 7.99. The molecular weight excluding hydrogens is 356 g/mol. The van der Waals surface area contributed by atoms with Gasteiger partial charge >= 0.3 is 0 Å². The zero-order valence-corrected chi connectivity index (χ0v) is 15.7. The van der Waals surface area contributed by atoms with Gasteiger partial charge in [-0.25, -0.2) is 0 Å². The zero-order valence-electron chi connectivity index (χ0n) is 14.9. The quantitative estimate of drug-likeness (QED) is 0.670. The molecule has 1 aromatic carbocycles. The number of rotatable bonds is 9. The third-order valence-corrected chi connectivity index (χ3v) is 4.74. The molecule has 140 valence electrons. The third-order valence-electron chi connectivity index (χ3n) is 3.77. The fourth-order valence-corrected chi connectivity index (χ4v) is 3.33. The van der Waals surface area contributed by atoms with Gasteiger partial charge in [-0.15, -0.1) is 10.2 Å². The molecule has 2 heterocycles. The van der Waals surface area contributed by atoms with Crippen molar-refractivity contribution >= 4 is 23.4 Å². The minimum atomic E-state index is -0.118. The number of anilines is 1. The number of amides is 1. The molecule has 0 saturated carbocycles. The van der Waals surface area contributed by atoms with Crippen molar-refractivity contribution in [3.8, 4) is 11.5 Å². The summed E-state index contributed by atoms with van der Waals surface area (Å²) in [6, 6.07) is 5.32. The van der Waals surface area contributed by atoms with Crippen LogP contribution in [0.15, 0.2) is 23.4 Å². The number of aryl methyl sites for hydroxylation is 1. The Balaban J connectivity index is 1.58. The topological polar surface area (TPSA) is 87.5 Å². The van der Waals surface area contributed by atoms with Crippen LogP contribution >= 0.6 is 11.8 Å². The van der Waals surface area contributed by atoms with Gasteiger partial charge in [-0.2, -0.15) is 0 Å². The van der Waals surface area contributed by atoms with E-state index in [-0.39, 0.29) is 18.5 Å². The van der Waals surface area contributed by atoms with Crippen molar-refractivity contribution in [1.29, 1.82) is 0 Å². The first-order valence-corrected chi connectivity index (χ1v) is 9.43. The SMILES string of the molecule is CCCc1nnc(SCC(=O)Nc2ccc3c(c2)OCO3)n1CCOC. The van der Waals surface area contributed by atoms with Gasteiger partial charge in [-0.05, 0) is 18.6 Å².